The van der Waals surface area contributed by atoms with E-state index in [2.05, 4.69) is 10.6 Å². The number of urea groups is 1. The molecule has 0 aromatic heterocycles. The van der Waals surface area contributed by atoms with Crippen LogP contribution in [0.1, 0.15) is 38.7 Å². The zero-order valence-electron chi connectivity index (χ0n) is 10.8. The Bertz CT molecular complexity index is 443. The van der Waals surface area contributed by atoms with Gasteiger partial charge in [-0.05, 0) is 32.3 Å². The average Bonchev–Trinajstić information content (AvgIpc) is 3.09. The van der Waals surface area contributed by atoms with Gasteiger partial charge in [-0.25, -0.2) is 9.18 Å². The molecule has 98 valence electrons. The maximum absolute atomic E-state index is 13.7. The number of carbonyl (C=O) groups is 1. The van der Waals surface area contributed by atoms with Gasteiger partial charge in [-0.1, -0.05) is 25.1 Å². The van der Waals surface area contributed by atoms with Crippen molar-refractivity contribution in [2.75, 3.05) is 0 Å². The molecule has 4 heteroatoms. The molecule has 1 aliphatic rings. The summed E-state index contributed by atoms with van der Waals surface area (Å²) in [6.45, 7) is 3.96. The second-order valence-corrected chi connectivity index (χ2v) is 4.97. The Morgan fingerprint density at radius 1 is 1.44 bits per heavy atom. The maximum Gasteiger partial charge on any atom is 0.315 e. The fourth-order valence-corrected chi connectivity index (χ4v) is 2.02. The molecule has 1 aromatic carbocycles. The second-order valence-electron chi connectivity index (χ2n) is 4.97. The molecular weight excluding hydrogens is 231 g/mol. The van der Waals surface area contributed by atoms with Gasteiger partial charge in [-0.3, -0.25) is 0 Å². The largest absolute Gasteiger partial charge is 0.336 e. The molecule has 1 aromatic rings. The summed E-state index contributed by atoms with van der Waals surface area (Å²) >= 11 is 0. The van der Waals surface area contributed by atoms with Crippen LogP contribution in [0.3, 0.4) is 0 Å². The Morgan fingerprint density at radius 2 is 2.11 bits per heavy atom. The number of carbonyl (C=O) groups excluding carboxylic acids is 1. The molecule has 1 unspecified atom stereocenters. The lowest BCUT2D eigenvalue weighted by Gasteiger charge is -2.20. The van der Waals surface area contributed by atoms with Crippen LogP contribution in [-0.2, 0) is 5.54 Å². The van der Waals surface area contributed by atoms with Gasteiger partial charge in [0.15, 0.2) is 0 Å². The van der Waals surface area contributed by atoms with E-state index < -0.39 is 5.54 Å². The van der Waals surface area contributed by atoms with Crippen LogP contribution in [-0.4, -0.2) is 12.1 Å². The summed E-state index contributed by atoms with van der Waals surface area (Å²) in [7, 11) is 0. The van der Waals surface area contributed by atoms with Crippen LogP contribution < -0.4 is 10.6 Å². The normalized spacial score (nSPS) is 17.9. The Morgan fingerprint density at radius 3 is 2.67 bits per heavy atom. The summed E-state index contributed by atoms with van der Waals surface area (Å²) in [6, 6.07) is 6.54. The number of nitrogens with one attached hydrogen (secondary N) is 2. The summed E-state index contributed by atoms with van der Waals surface area (Å²) in [5, 5.41) is 5.74. The topological polar surface area (TPSA) is 41.1 Å². The predicted molar refractivity (Wildman–Crippen MR) is 68.7 cm³/mol. The van der Waals surface area contributed by atoms with Crippen molar-refractivity contribution in [2.45, 2.75) is 44.7 Å². The van der Waals surface area contributed by atoms with E-state index in [1.165, 1.54) is 6.07 Å². The van der Waals surface area contributed by atoms with E-state index in [0.29, 0.717) is 5.56 Å². The molecule has 2 rings (SSSR count). The van der Waals surface area contributed by atoms with E-state index >= 15 is 0 Å². The monoisotopic (exact) mass is 250 g/mol. The lowest BCUT2D eigenvalue weighted by molar-refractivity contribution is 0.232. The average molecular weight is 250 g/mol. The minimum Gasteiger partial charge on any atom is -0.336 e. The third-order valence-electron chi connectivity index (χ3n) is 3.48. The third kappa shape index (κ3) is 2.63. The molecule has 0 spiro atoms. The van der Waals surface area contributed by atoms with Crippen molar-refractivity contribution in [3.05, 3.63) is 35.6 Å². The van der Waals surface area contributed by atoms with Crippen molar-refractivity contribution in [2.24, 2.45) is 0 Å². The van der Waals surface area contributed by atoms with Crippen LogP contribution in [0.2, 0.25) is 0 Å². The molecular formula is C14H19FN2O. The van der Waals surface area contributed by atoms with Gasteiger partial charge in [0.25, 0.3) is 0 Å². The van der Waals surface area contributed by atoms with Crippen LogP contribution in [0, 0.1) is 5.82 Å². The first kappa shape index (κ1) is 12.9. The summed E-state index contributed by atoms with van der Waals surface area (Å²) < 4.78 is 13.7. The minimum absolute atomic E-state index is 0.126. The predicted octanol–water partition coefficient (Wildman–Crippen LogP) is 2.91. The van der Waals surface area contributed by atoms with Crippen LogP contribution in [0.4, 0.5) is 9.18 Å². The highest BCUT2D eigenvalue weighted by Crippen LogP contribution is 2.46. The van der Waals surface area contributed by atoms with Gasteiger partial charge >= 0.3 is 6.03 Å². The summed E-state index contributed by atoms with van der Waals surface area (Å²) in [5.41, 5.74) is 0.0902. The maximum atomic E-state index is 13.7. The van der Waals surface area contributed by atoms with Gasteiger partial charge in [0.05, 0.1) is 5.54 Å². The van der Waals surface area contributed by atoms with Gasteiger partial charge in [-0.2, -0.15) is 0 Å². The van der Waals surface area contributed by atoms with Gasteiger partial charge in [0.2, 0.25) is 0 Å². The Kier molecular flexibility index (Phi) is 3.55. The van der Waals surface area contributed by atoms with Crippen molar-refractivity contribution in [3.63, 3.8) is 0 Å². The van der Waals surface area contributed by atoms with Crippen molar-refractivity contribution in [1.29, 1.82) is 0 Å². The SMILES string of the molecule is CCC(C)NC(=O)NC1(c2ccccc2F)CC1. The summed E-state index contributed by atoms with van der Waals surface area (Å²) in [4.78, 5) is 11.8. The van der Waals surface area contributed by atoms with E-state index in [9.17, 15) is 9.18 Å². The number of rotatable bonds is 4. The molecule has 0 saturated heterocycles. The van der Waals surface area contributed by atoms with E-state index in [4.69, 9.17) is 0 Å². The highest BCUT2D eigenvalue weighted by Gasteiger charge is 2.47. The molecule has 1 saturated carbocycles. The second kappa shape index (κ2) is 4.96. The first-order valence-electron chi connectivity index (χ1n) is 6.41. The Hall–Kier alpha value is -1.58. The quantitative estimate of drug-likeness (QED) is 0.847. The highest BCUT2D eigenvalue weighted by molar-refractivity contribution is 5.76. The van der Waals surface area contributed by atoms with E-state index in [-0.39, 0.29) is 17.9 Å². The van der Waals surface area contributed by atoms with Gasteiger partial charge in [0, 0.05) is 11.6 Å². The standard InChI is InChI=1S/C14H19FN2O/c1-3-10(2)16-13(18)17-14(8-9-14)11-6-4-5-7-12(11)15/h4-7,10H,3,8-9H2,1-2H3,(H2,16,17,18). The van der Waals surface area contributed by atoms with Crippen LogP contribution in [0.25, 0.3) is 0 Å². The molecule has 1 fully saturated rings. The van der Waals surface area contributed by atoms with E-state index in [1.54, 1.807) is 18.2 Å². The number of benzene rings is 1. The lowest BCUT2D eigenvalue weighted by atomic mass is 10.0. The van der Waals surface area contributed by atoms with Crippen molar-refractivity contribution in [3.8, 4) is 0 Å². The minimum atomic E-state index is -0.497. The third-order valence-corrected chi connectivity index (χ3v) is 3.48. The fourth-order valence-electron chi connectivity index (χ4n) is 2.02. The summed E-state index contributed by atoms with van der Waals surface area (Å²) in [6.07, 6.45) is 2.46. The number of amides is 2. The van der Waals surface area contributed by atoms with Gasteiger partial charge in [-0.15, -0.1) is 0 Å². The van der Waals surface area contributed by atoms with E-state index in [0.717, 1.165) is 19.3 Å². The molecule has 0 radical (unpaired) electrons. The Balaban J connectivity index is 2.05. The van der Waals surface area contributed by atoms with Crippen LogP contribution >= 0.6 is 0 Å². The molecule has 0 heterocycles. The zero-order valence-corrected chi connectivity index (χ0v) is 10.8. The van der Waals surface area contributed by atoms with Gasteiger partial charge in [0.1, 0.15) is 5.82 Å². The fraction of sp³-hybridized carbons (Fsp3) is 0.500. The van der Waals surface area contributed by atoms with E-state index in [1.807, 2.05) is 13.8 Å². The van der Waals surface area contributed by atoms with Crippen LogP contribution in [0.5, 0.6) is 0 Å². The molecule has 2 amide bonds. The summed E-state index contributed by atoms with van der Waals surface area (Å²) in [5.74, 6) is -0.251. The number of halogens is 1. The zero-order chi connectivity index (χ0) is 13.2. The Labute approximate surface area is 107 Å². The smallest absolute Gasteiger partial charge is 0.315 e. The molecule has 1 aliphatic carbocycles. The molecule has 0 aliphatic heterocycles. The van der Waals surface area contributed by atoms with Crippen molar-refractivity contribution in [1.82, 2.24) is 10.6 Å². The first-order chi connectivity index (χ1) is 8.57. The lowest BCUT2D eigenvalue weighted by Crippen LogP contribution is -2.45. The molecule has 1 atom stereocenters. The van der Waals surface area contributed by atoms with Crippen molar-refractivity contribution >= 4 is 6.03 Å². The molecule has 0 bridgehead atoms. The first-order valence-corrected chi connectivity index (χ1v) is 6.41. The van der Waals surface area contributed by atoms with Crippen LogP contribution in [0.15, 0.2) is 24.3 Å². The molecule has 2 N–H and O–H groups in total. The van der Waals surface area contributed by atoms with Crippen molar-refractivity contribution < 1.29 is 9.18 Å². The van der Waals surface area contributed by atoms with Gasteiger partial charge < -0.3 is 10.6 Å². The molecule has 3 nitrogen and oxygen atoms in total. The number of hydrogen-bond donors (Lipinski definition) is 2. The highest BCUT2D eigenvalue weighted by atomic mass is 19.1. The number of hydrogen-bond acceptors (Lipinski definition) is 1. The molecule has 18 heavy (non-hydrogen) atoms.